The van der Waals surface area contributed by atoms with Gasteiger partial charge < -0.3 is 5.73 Å². The van der Waals surface area contributed by atoms with Gasteiger partial charge in [0.05, 0.1) is 0 Å². The fourth-order valence-corrected chi connectivity index (χ4v) is 2.12. The molecule has 0 aliphatic heterocycles. The van der Waals surface area contributed by atoms with Crippen LogP contribution in [0.25, 0.3) is 0 Å². The predicted molar refractivity (Wildman–Crippen MR) is 66.0 cm³/mol. The molecule has 1 aliphatic carbocycles. The number of hydrogen-bond donors (Lipinski definition) is 1. The molecular formula is C11H15BrClN. The lowest BCUT2D eigenvalue weighted by atomic mass is 10.1. The van der Waals surface area contributed by atoms with Crippen molar-refractivity contribution in [1.82, 2.24) is 0 Å². The van der Waals surface area contributed by atoms with Gasteiger partial charge in [-0.05, 0) is 30.5 Å². The highest BCUT2D eigenvalue weighted by Gasteiger charge is 2.49. The first-order valence-electron chi connectivity index (χ1n) is 4.70. The molecule has 1 saturated carbocycles. The SMILES string of the molecule is CC[C@@]1(N)C[C@@H]1c1ccc(Br)cc1.Cl. The monoisotopic (exact) mass is 275 g/mol. The third kappa shape index (κ3) is 2.13. The Labute approximate surface area is 99.6 Å². The minimum atomic E-state index is 0. The van der Waals surface area contributed by atoms with Crippen molar-refractivity contribution in [3.63, 3.8) is 0 Å². The van der Waals surface area contributed by atoms with E-state index in [2.05, 4.69) is 47.1 Å². The van der Waals surface area contributed by atoms with E-state index in [4.69, 9.17) is 5.73 Å². The first-order chi connectivity index (χ1) is 6.15. The molecule has 14 heavy (non-hydrogen) atoms. The summed E-state index contributed by atoms with van der Waals surface area (Å²) < 4.78 is 1.14. The van der Waals surface area contributed by atoms with Crippen molar-refractivity contribution in [2.45, 2.75) is 31.2 Å². The molecule has 0 amide bonds. The van der Waals surface area contributed by atoms with E-state index < -0.39 is 0 Å². The molecular weight excluding hydrogens is 261 g/mol. The van der Waals surface area contributed by atoms with E-state index in [0.29, 0.717) is 5.92 Å². The van der Waals surface area contributed by atoms with E-state index in [1.165, 1.54) is 5.56 Å². The molecule has 0 spiro atoms. The Morgan fingerprint density at radius 1 is 1.43 bits per heavy atom. The maximum Gasteiger partial charge on any atom is 0.0228 e. The quantitative estimate of drug-likeness (QED) is 0.879. The molecule has 2 rings (SSSR count). The van der Waals surface area contributed by atoms with Gasteiger partial charge >= 0.3 is 0 Å². The van der Waals surface area contributed by atoms with Crippen LogP contribution < -0.4 is 5.73 Å². The second-order valence-corrected chi connectivity index (χ2v) is 4.81. The highest BCUT2D eigenvalue weighted by molar-refractivity contribution is 9.10. The molecule has 0 saturated heterocycles. The van der Waals surface area contributed by atoms with Gasteiger partial charge in [0.1, 0.15) is 0 Å². The molecule has 0 bridgehead atoms. The van der Waals surface area contributed by atoms with Gasteiger partial charge in [-0.2, -0.15) is 0 Å². The molecule has 0 heterocycles. The summed E-state index contributed by atoms with van der Waals surface area (Å²) in [6.07, 6.45) is 2.22. The van der Waals surface area contributed by atoms with Crippen LogP contribution in [-0.2, 0) is 0 Å². The standard InChI is InChI=1S/C11H14BrN.ClH/c1-2-11(13)7-10(11)8-3-5-9(12)6-4-8;/h3-6,10H,2,7,13H2,1H3;1H/t10-,11-;/m1./s1. The van der Waals surface area contributed by atoms with Crippen LogP contribution in [0.1, 0.15) is 31.2 Å². The predicted octanol–water partition coefficient (Wildman–Crippen LogP) is 3.47. The smallest absolute Gasteiger partial charge is 0.0228 e. The molecule has 0 unspecified atom stereocenters. The van der Waals surface area contributed by atoms with Gasteiger partial charge in [-0.1, -0.05) is 35.0 Å². The van der Waals surface area contributed by atoms with Gasteiger partial charge in [-0.3, -0.25) is 0 Å². The van der Waals surface area contributed by atoms with Crippen LogP contribution in [0.4, 0.5) is 0 Å². The Balaban J connectivity index is 0.000000980. The fraction of sp³-hybridized carbons (Fsp3) is 0.455. The number of rotatable bonds is 2. The van der Waals surface area contributed by atoms with Crippen molar-refractivity contribution in [2.75, 3.05) is 0 Å². The van der Waals surface area contributed by atoms with Crippen molar-refractivity contribution >= 4 is 28.3 Å². The minimum Gasteiger partial charge on any atom is -0.325 e. The Bertz CT molecular complexity index is 312. The number of nitrogens with two attached hydrogens (primary N) is 1. The Hall–Kier alpha value is -0.0500. The van der Waals surface area contributed by atoms with Crippen LogP contribution in [0, 0.1) is 0 Å². The zero-order chi connectivity index (χ0) is 9.47. The highest BCUT2D eigenvalue weighted by Crippen LogP contribution is 2.51. The van der Waals surface area contributed by atoms with Crippen LogP contribution in [0.2, 0.25) is 0 Å². The summed E-state index contributed by atoms with van der Waals surface area (Å²) in [5.41, 5.74) is 7.62. The third-order valence-corrected chi connectivity index (χ3v) is 3.58. The molecule has 1 aliphatic rings. The molecule has 78 valence electrons. The van der Waals surface area contributed by atoms with E-state index in [1.54, 1.807) is 0 Å². The molecule has 0 aromatic heterocycles. The average Bonchev–Trinajstić information content (AvgIpc) is 2.81. The Kier molecular flexibility index (Phi) is 3.62. The fourth-order valence-electron chi connectivity index (χ4n) is 1.86. The van der Waals surface area contributed by atoms with Gasteiger partial charge in [0.25, 0.3) is 0 Å². The van der Waals surface area contributed by atoms with Crippen molar-refractivity contribution in [2.24, 2.45) is 5.73 Å². The summed E-state index contributed by atoms with van der Waals surface area (Å²) in [6.45, 7) is 2.17. The van der Waals surface area contributed by atoms with Crippen molar-refractivity contribution in [3.8, 4) is 0 Å². The second-order valence-electron chi connectivity index (χ2n) is 3.89. The normalized spacial score (nSPS) is 29.5. The van der Waals surface area contributed by atoms with Crippen LogP contribution >= 0.6 is 28.3 Å². The number of hydrogen-bond acceptors (Lipinski definition) is 1. The maximum atomic E-state index is 6.15. The summed E-state index contributed by atoms with van der Waals surface area (Å²) in [5, 5.41) is 0. The van der Waals surface area contributed by atoms with E-state index in [1.807, 2.05) is 0 Å². The molecule has 1 nitrogen and oxygen atoms in total. The van der Waals surface area contributed by atoms with Crippen molar-refractivity contribution in [1.29, 1.82) is 0 Å². The number of benzene rings is 1. The molecule has 3 heteroatoms. The van der Waals surface area contributed by atoms with Crippen LogP contribution in [0.15, 0.2) is 28.7 Å². The van der Waals surface area contributed by atoms with E-state index >= 15 is 0 Å². The highest BCUT2D eigenvalue weighted by atomic mass is 79.9. The molecule has 0 radical (unpaired) electrons. The largest absolute Gasteiger partial charge is 0.325 e. The van der Waals surface area contributed by atoms with Crippen LogP contribution in [0.5, 0.6) is 0 Å². The van der Waals surface area contributed by atoms with Crippen LogP contribution in [-0.4, -0.2) is 5.54 Å². The van der Waals surface area contributed by atoms with Gasteiger partial charge in [-0.25, -0.2) is 0 Å². The topological polar surface area (TPSA) is 26.0 Å². The molecule has 1 fully saturated rings. The van der Waals surface area contributed by atoms with Gasteiger partial charge in [-0.15, -0.1) is 12.4 Å². The van der Waals surface area contributed by atoms with Gasteiger partial charge in [0.15, 0.2) is 0 Å². The summed E-state index contributed by atoms with van der Waals surface area (Å²) >= 11 is 3.43. The molecule has 2 atom stereocenters. The average molecular weight is 277 g/mol. The third-order valence-electron chi connectivity index (χ3n) is 3.05. The van der Waals surface area contributed by atoms with Crippen molar-refractivity contribution in [3.05, 3.63) is 34.3 Å². The van der Waals surface area contributed by atoms with Crippen LogP contribution in [0.3, 0.4) is 0 Å². The second kappa shape index (κ2) is 4.21. The Morgan fingerprint density at radius 3 is 2.43 bits per heavy atom. The zero-order valence-electron chi connectivity index (χ0n) is 8.16. The lowest BCUT2D eigenvalue weighted by molar-refractivity contribution is 0.626. The van der Waals surface area contributed by atoms with Gasteiger partial charge in [0, 0.05) is 15.9 Å². The maximum absolute atomic E-state index is 6.15. The Morgan fingerprint density at radius 2 is 2.00 bits per heavy atom. The van der Waals surface area contributed by atoms with Crippen molar-refractivity contribution < 1.29 is 0 Å². The van der Waals surface area contributed by atoms with E-state index in [-0.39, 0.29) is 17.9 Å². The van der Waals surface area contributed by atoms with E-state index in [9.17, 15) is 0 Å². The lowest BCUT2D eigenvalue weighted by Gasteiger charge is -2.07. The number of halogens is 2. The first-order valence-corrected chi connectivity index (χ1v) is 5.49. The summed E-state index contributed by atoms with van der Waals surface area (Å²) in [5.74, 6) is 0.589. The first kappa shape index (κ1) is 12.0. The van der Waals surface area contributed by atoms with Gasteiger partial charge in [0.2, 0.25) is 0 Å². The summed E-state index contributed by atoms with van der Waals surface area (Å²) in [6, 6.07) is 8.51. The molecule has 1 aromatic rings. The lowest BCUT2D eigenvalue weighted by Crippen LogP contribution is -2.22. The summed E-state index contributed by atoms with van der Waals surface area (Å²) in [7, 11) is 0. The molecule has 1 aromatic carbocycles. The molecule has 2 N–H and O–H groups in total. The van der Waals surface area contributed by atoms with E-state index in [0.717, 1.165) is 17.3 Å². The minimum absolute atomic E-state index is 0. The zero-order valence-corrected chi connectivity index (χ0v) is 10.6. The summed E-state index contributed by atoms with van der Waals surface area (Å²) in [4.78, 5) is 0.